The zero-order valence-electron chi connectivity index (χ0n) is 26.3. The van der Waals surface area contributed by atoms with Crippen molar-refractivity contribution in [1.82, 2.24) is 15.3 Å². The van der Waals surface area contributed by atoms with Crippen LogP contribution in [0.1, 0.15) is 50.8 Å². The second-order valence-electron chi connectivity index (χ2n) is 12.0. The molecule has 1 unspecified atom stereocenters. The highest BCUT2D eigenvalue weighted by atomic mass is 19.4. The van der Waals surface area contributed by atoms with E-state index in [4.69, 9.17) is 0 Å². The van der Waals surface area contributed by atoms with E-state index in [2.05, 4.69) is 20.3 Å². The van der Waals surface area contributed by atoms with Crippen molar-refractivity contribution in [3.05, 3.63) is 118 Å². The van der Waals surface area contributed by atoms with E-state index in [1.165, 1.54) is 36.4 Å². The Kier molecular flexibility index (Phi) is 8.03. The molecule has 6 nitrogen and oxygen atoms in total. The minimum absolute atomic E-state index is 0.00358. The quantitative estimate of drug-likeness (QED) is 0.110. The molecule has 0 radical (unpaired) electrons. The molecule has 0 amide bonds. The largest absolute Gasteiger partial charge is 0.417 e. The van der Waals surface area contributed by atoms with Crippen LogP contribution in [0, 0.1) is 22.9 Å². The van der Waals surface area contributed by atoms with Crippen LogP contribution in [-0.4, -0.2) is 15.7 Å². The van der Waals surface area contributed by atoms with Crippen molar-refractivity contribution in [3.63, 3.8) is 0 Å². The normalized spacial score (nSPS) is 15.6. The van der Waals surface area contributed by atoms with Crippen LogP contribution in [0.5, 0.6) is 0 Å². The number of nitrogens with one attached hydrogen (secondary N) is 1. The molecule has 0 bridgehead atoms. The molecule has 0 fully saturated rings. The van der Waals surface area contributed by atoms with Crippen LogP contribution in [0.2, 0.25) is 0 Å². The van der Waals surface area contributed by atoms with E-state index in [1.54, 1.807) is 12.4 Å². The Morgan fingerprint density at radius 1 is 0.537 bits per heavy atom. The molecule has 4 aromatic carbocycles. The Hall–Kier alpha value is -6.43. The van der Waals surface area contributed by atoms with E-state index in [-0.39, 0.29) is 74.0 Å². The summed E-state index contributed by atoms with van der Waals surface area (Å²) in [5, 5.41) is 21.6. The van der Waals surface area contributed by atoms with Gasteiger partial charge >= 0.3 is 24.7 Å². The van der Waals surface area contributed by atoms with E-state index in [0.717, 1.165) is 0 Å². The molecule has 0 saturated heterocycles. The number of halogens is 12. The van der Waals surface area contributed by atoms with Gasteiger partial charge in [0.25, 0.3) is 0 Å². The van der Waals surface area contributed by atoms with Crippen LogP contribution >= 0.6 is 0 Å². The number of hydrogen-bond donors (Lipinski definition) is 1. The van der Waals surface area contributed by atoms with E-state index in [0.29, 0.717) is 24.3 Å². The molecule has 1 N–H and O–H groups in total. The highest BCUT2D eigenvalue weighted by Crippen LogP contribution is 2.49. The van der Waals surface area contributed by atoms with Crippen molar-refractivity contribution < 1.29 is 52.7 Å². The summed E-state index contributed by atoms with van der Waals surface area (Å²) in [6, 6.07) is 8.65. The van der Waals surface area contributed by atoms with Gasteiger partial charge < -0.3 is 5.32 Å². The van der Waals surface area contributed by atoms with Crippen molar-refractivity contribution >= 4 is 5.71 Å². The van der Waals surface area contributed by atoms with E-state index in [1.807, 2.05) is 0 Å². The Morgan fingerprint density at radius 3 is 1.56 bits per heavy atom. The summed E-state index contributed by atoms with van der Waals surface area (Å²) in [6.07, 6.45) is -17.2. The fraction of sp³-hybridized carbons (Fsp3) is 0.139. The topological polar surface area (TPSA) is 97.8 Å². The van der Waals surface area contributed by atoms with Gasteiger partial charge in [-0.25, -0.2) is 9.97 Å². The fourth-order valence-corrected chi connectivity index (χ4v) is 6.56. The number of fused-ring (bicyclic) bond motifs is 6. The number of alkyl halides is 12. The molecule has 272 valence electrons. The zero-order chi connectivity index (χ0) is 39.1. The summed E-state index contributed by atoms with van der Waals surface area (Å²) < 4.78 is 164. The number of rotatable bonds is 3. The Balaban J connectivity index is 1.36. The van der Waals surface area contributed by atoms with Gasteiger partial charge in [-0.15, -0.1) is 0 Å². The molecule has 1 aromatic heterocycles. The number of aliphatic imine (C=N–C) groups is 1. The van der Waals surface area contributed by atoms with Crippen LogP contribution in [0.4, 0.5) is 52.7 Å². The first-order valence-electron chi connectivity index (χ1n) is 15.1. The molecule has 5 aromatic rings. The van der Waals surface area contributed by atoms with E-state index >= 15 is 0 Å². The molecular formula is C36H14F12N6. The molecule has 54 heavy (non-hydrogen) atoms. The summed E-state index contributed by atoms with van der Waals surface area (Å²) >= 11 is 0. The molecule has 1 atom stereocenters. The molecule has 7 rings (SSSR count). The van der Waals surface area contributed by atoms with Crippen molar-refractivity contribution in [2.24, 2.45) is 4.99 Å². The van der Waals surface area contributed by atoms with Crippen LogP contribution in [0.15, 0.2) is 77.8 Å². The first-order valence-corrected chi connectivity index (χ1v) is 15.1. The Morgan fingerprint density at radius 2 is 1.06 bits per heavy atom. The first-order chi connectivity index (χ1) is 25.2. The van der Waals surface area contributed by atoms with Crippen molar-refractivity contribution in [1.29, 1.82) is 10.5 Å². The number of benzene rings is 4. The monoisotopic (exact) mass is 758 g/mol. The minimum atomic E-state index is -5.19. The van der Waals surface area contributed by atoms with Gasteiger partial charge in [0.05, 0.1) is 39.3 Å². The number of hydrogen-bond acceptors (Lipinski definition) is 6. The maximum Gasteiger partial charge on any atom is 0.417 e. The van der Waals surface area contributed by atoms with Crippen molar-refractivity contribution in [2.75, 3.05) is 0 Å². The van der Waals surface area contributed by atoms with Crippen molar-refractivity contribution in [3.8, 4) is 57.2 Å². The summed E-state index contributed by atoms with van der Waals surface area (Å²) in [7, 11) is 0. The second-order valence-corrected chi connectivity index (χ2v) is 12.0. The van der Waals surface area contributed by atoms with Gasteiger partial charge in [-0.2, -0.15) is 68.2 Å². The average molecular weight is 759 g/mol. The standard InChI is InChI=1S/C36H14F12N6/c37-33(38,39)17-3-7-19(25(11-17)35(43,44)45)15-1-5-21-23(9-15)27(51-13-49)31-29(21)53-32-28(52-14-50)24-10-16(2-6-22(24)30(32)54-31)20-8-4-18(34(40,41)42)12-26(20)36(46,47)48/h1-12,27,51H/b52-28+. The molecular weight excluding hydrogens is 744 g/mol. The summed E-state index contributed by atoms with van der Waals surface area (Å²) in [5.41, 5.74) is -6.98. The molecule has 0 spiro atoms. The summed E-state index contributed by atoms with van der Waals surface area (Å²) in [4.78, 5) is 13.1. The van der Waals surface area contributed by atoms with Gasteiger partial charge in [-0.3, -0.25) is 0 Å². The molecule has 2 aliphatic rings. The smallest absolute Gasteiger partial charge is 0.310 e. The van der Waals surface area contributed by atoms with E-state index < -0.39 is 64.1 Å². The SMILES string of the molecule is N#C/N=C1\c2cc(-c3ccc(C(F)(F)F)cc3C(F)(F)F)ccc2-c2nc3c(nc21)-c1ccc(-c2ccc(C(F)(F)F)cc2C(F)(F)F)cc1C3NC#N. The number of nitrogens with zero attached hydrogens (tertiary/aromatic N) is 5. The van der Waals surface area contributed by atoms with Crippen LogP contribution in [0.25, 0.3) is 44.8 Å². The number of nitriles is 2. The summed E-state index contributed by atoms with van der Waals surface area (Å²) in [6.45, 7) is 0. The molecule has 0 aliphatic heterocycles. The minimum Gasteiger partial charge on any atom is -0.310 e. The van der Waals surface area contributed by atoms with Gasteiger partial charge in [0.15, 0.2) is 6.19 Å². The van der Waals surface area contributed by atoms with Crippen LogP contribution in [0.3, 0.4) is 0 Å². The Labute approximate surface area is 294 Å². The third-order valence-corrected chi connectivity index (χ3v) is 8.87. The second kappa shape index (κ2) is 12.1. The molecule has 0 saturated carbocycles. The van der Waals surface area contributed by atoms with Gasteiger partial charge in [0, 0.05) is 16.7 Å². The average Bonchev–Trinajstić information content (AvgIpc) is 3.56. The van der Waals surface area contributed by atoms with Gasteiger partial charge in [-0.1, -0.05) is 36.4 Å². The third kappa shape index (κ3) is 5.93. The highest BCUT2D eigenvalue weighted by Gasteiger charge is 2.42. The van der Waals surface area contributed by atoms with E-state index in [9.17, 15) is 63.2 Å². The lowest BCUT2D eigenvalue weighted by Crippen LogP contribution is -2.16. The predicted octanol–water partition coefficient (Wildman–Crippen LogP) is 10.3. The molecule has 18 heteroatoms. The maximum atomic E-state index is 14.0. The fourth-order valence-electron chi connectivity index (χ4n) is 6.56. The Bertz CT molecular complexity index is 2520. The van der Waals surface area contributed by atoms with Gasteiger partial charge in [-0.05, 0) is 64.2 Å². The lowest BCUT2D eigenvalue weighted by Gasteiger charge is -2.17. The third-order valence-electron chi connectivity index (χ3n) is 8.87. The van der Waals surface area contributed by atoms with Crippen LogP contribution in [-0.2, 0) is 24.7 Å². The lowest BCUT2D eigenvalue weighted by atomic mass is 9.93. The first kappa shape index (κ1) is 36.0. The maximum absolute atomic E-state index is 14.0. The summed E-state index contributed by atoms with van der Waals surface area (Å²) in [5.74, 6) is 0. The molecule has 2 aliphatic carbocycles. The van der Waals surface area contributed by atoms with Crippen molar-refractivity contribution in [2.45, 2.75) is 30.7 Å². The molecule has 1 heterocycles. The lowest BCUT2D eigenvalue weighted by molar-refractivity contribution is -0.144. The highest BCUT2D eigenvalue weighted by molar-refractivity contribution is 6.23. The predicted molar refractivity (Wildman–Crippen MR) is 166 cm³/mol. The zero-order valence-corrected chi connectivity index (χ0v) is 26.3. The van der Waals surface area contributed by atoms with Crippen LogP contribution < -0.4 is 5.32 Å². The van der Waals surface area contributed by atoms with Gasteiger partial charge in [0.2, 0.25) is 6.19 Å². The number of aromatic nitrogens is 2. The van der Waals surface area contributed by atoms with Gasteiger partial charge in [0.1, 0.15) is 17.4 Å².